The normalized spacial score (nSPS) is 14.2. The highest BCUT2D eigenvalue weighted by molar-refractivity contribution is 5.94. The average Bonchev–Trinajstić information content (AvgIpc) is 2.84. The Balaban J connectivity index is 3.09. The van der Waals surface area contributed by atoms with Crippen molar-refractivity contribution in [2.45, 2.75) is 76.5 Å². The number of hydrogen-bond acceptors (Lipinski definition) is 7. The van der Waals surface area contributed by atoms with Crippen molar-refractivity contribution in [3.8, 4) is 0 Å². The summed E-state index contributed by atoms with van der Waals surface area (Å²) in [6, 6.07) is 4.31. The van der Waals surface area contributed by atoms with E-state index in [1.807, 2.05) is 0 Å². The zero-order chi connectivity index (χ0) is 28.0. The summed E-state index contributed by atoms with van der Waals surface area (Å²) in [5, 5.41) is 26.0. The van der Waals surface area contributed by atoms with E-state index in [1.165, 1.54) is 0 Å². The Labute approximate surface area is 216 Å². The van der Waals surface area contributed by atoms with E-state index in [1.54, 1.807) is 44.2 Å². The minimum atomic E-state index is -1.34. The Kier molecular flexibility index (Phi) is 13.9. The van der Waals surface area contributed by atoms with Crippen molar-refractivity contribution in [2.75, 3.05) is 6.54 Å². The smallest absolute Gasteiger partial charge is 0.326 e. The van der Waals surface area contributed by atoms with Crippen LogP contribution in [0.4, 0.5) is 0 Å². The summed E-state index contributed by atoms with van der Waals surface area (Å²) in [5.74, 6) is -5.02. The lowest BCUT2D eigenvalue weighted by Crippen LogP contribution is -2.58. The van der Waals surface area contributed by atoms with Crippen LogP contribution in [0.25, 0.3) is 0 Å². The van der Waals surface area contributed by atoms with Gasteiger partial charge in [-0.15, -0.1) is 0 Å². The molecule has 12 nitrogen and oxygen atoms in total. The van der Waals surface area contributed by atoms with E-state index in [4.69, 9.17) is 16.6 Å². The van der Waals surface area contributed by atoms with Gasteiger partial charge in [-0.25, -0.2) is 4.79 Å². The van der Waals surface area contributed by atoms with Crippen LogP contribution in [0.3, 0.4) is 0 Å². The number of carboxylic acids is 2. The Bertz CT molecular complexity index is 910. The highest BCUT2D eigenvalue weighted by Crippen LogP contribution is 2.08. The van der Waals surface area contributed by atoms with E-state index in [-0.39, 0.29) is 12.8 Å². The molecule has 0 spiro atoms. The molecule has 0 aromatic heterocycles. The van der Waals surface area contributed by atoms with E-state index in [0.29, 0.717) is 25.8 Å². The maximum atomic E-state index is 13.3. The minimum Gasteiger partial charge on any atom is -0.481 e. The van der Waals surface area contributed by atoms with Crippen LogP contribution in [-0.4, -0.2) is 70.6 Å². The fourth-order valence-electron chi connectivity index (χ4n) is 3.55. The molecule has 12 heteroatoms. The van der Waals surface area contributed by atoms with Gasteiger partial charge in [0.15, 0.2) is 0 Å². The quantitative estimate of drug-likeness (QED) is 0.134. The van der Waals surface area contributed by atoms with Crippen LogP contribution in [0.15, 0.2) is 30.3 Å². The summed E-state index contributed by atoms with van der Waals surface area (Å²) in [7, 11) is 0. The first-order valence-electron chi connectivity index (χ1n) is 12.3. The predicted octanol–water partition coefficient (Wildman–Crippen LogP) is -0.255. The van der Waals surface area contributed by atoms with Crippen molar-refractivity contribution in [1.82, 2.24) is 16.0 Å². The molecule has 0 aliphatic rings. The van der Waals surface area contributed by atoms with Crippen LogP contribution in [0.1, 0.15) is 51.5 Å². The molecule has 0 bridgehead atoms. The van der Waals surface area contributed by atoms with E-state index in [9.17, 15) is 29.1 Å². The number of aliphatic carboxylic acids is 2. The lowest BCUT2D eigenvalue weighted by molar-refractivity contribution is -0.144. The average molecular weight is 522 g/mol. The van der Waals surface area contributed by atoms with Crippen molar-refractivity contribution in [1.29, 1.82) is 0 Å². The summed E-state index contributed by atoms with van der Waals surface area (Å²) < 4.78 is 0. The topological polar surface area (TPSA) is 214 Å². The zero-order valence-electron chi connectivity index (χ0n) is 21.3. The third-order valence-electron chi connectivity index (χ3n) is 5.73. The fourth-order valence-corrected chi connectivity index (χ4v) is 3.55. The highest BCUT2D eigenvalue weighted by atomic mass is 16.4. The van der Waals surface area contributed by atoms with Gasteiger partial charge < -0.3 is 37.6 Å². The number of unbranched alkanes of at least 4 members (excludes halogenated alkanes) is 1. The lowest BCUT2D eigenvalue weighted by atomic mass is 10.0. The molecule has 0 saturated carbocycles. The SMILES string of the molecule is CC(C)C(NC(=O)C(CCC(=O)O)NC(=O)C(Cc1ccccc1)NC(=O)C(N)CCCCN)C(=O)O. The van der Waals surface area contributed by atoms with Crippen LogP contribution in [0.5, 0.6) is 0 Å². The molecule has 0 aliphatic carbocycles. The molecule has 4 atom stereocenters. The van der Waals surface area contributed by atoms with E-state index < -0.39 is 66.2 Å². The Hall–Kier alpha value is -3.51. The first-order valence-corrected chi connectivity index (χ1v) is 12.3. The van der Waals surface area contributed by atoms with Crippen LogP contribution >= 0.6 is 0 Å². The maximum absolute atomic E-state index is 13.3. The molecule has 1 rings (SSSR count). The molecule has 9 N–H and O–H groups in total. The van der Waals surface area contributed by atoms with Gasteiger partial charge in [-0.05, 0) is 37.3 Å². The first-order chi connectivity index (χ1) is 17.5. The number of carbonyl (C=O) groups is 5. The third-order valence-corrected chi connectivity index (χ3v) is 5.73. The van der Waals surface area contributed by atoms with Gasteiger partial charge in [0, 0.05) is 12.8 Å². The van der Waals surface area contributed by atoms with Crippen LogP contribution in [0.2, 0.25) is 0 Å². The second-order valence-corrected chi connectivity index (χ2v) is 9.20. The summed E-state index contributed by atoms with van der Waals surface area (Å²) in [5.41, 5.74) is 12.2. The number of nitrogens with one attached hydrogen (secondary N) is 3. The van der Waals surface area contributed by atoms with Gasteiger partial charge in [-0.1, -0.05) is 50.6 Å². The van der Waals surface area contributed by atoms with Gasteiger partial charge >= 0.3 is 11.9 Å². The molecule has 0 aliphatic heterocycles. The van der Waals surface area contributed by atoms with Crippen molar-refractivity contribution in [3.63, 3.8) is 0 Å². The Morgan fingerprint density at radius 3 is 1.97 bits per heavy atom. The molecular formula is C25H39N5O7. The lowest BCUT2D eigenvalue weighted by Gasteiger charge is -2.26. The summed E-state index contributed by atoms with van der Waals surface area (Å²) in [6.07, 6.45) is 1.08. The van der Waals surface area contributed by atoms with Gasteiger partial charge in [0.25, 0.3) is 0 Å². The van der Waals surface area contributed by atoms with Gasteiger partial charge in [0.05, 0.1) is 6.04 Å². The fraction of sp³-hybridized carbons (Fsp3) is 0.560. The van der Waals surface area contributed by atoms with Gasteiger partial charge in [0.1, 0.15) is 18.1 Å². The summed E-state index contributed by atoms with van der Waals surface area (Å²) in [6.45, 7) is 3.67. The van der Waals surface area contributed by atoms with Gasteiger partial charge in [-0.3, -0.25) is 19.2 Å². The van der Waals surface area contributed by atoms with Crippen molar-refractivity contribution in [2.24, 2.45) is 17.4 Å². The van der Waals surface area contributed by atoms with E-state index >= 15 is 0 Å². The number of carboxylic acid groups (broad SMARTS) is 2. The first kappa shape index (κ1) is 31.5. The van der Waals surface area contributed by atoms with Crippen LogP contribution in [-0.2, 0) is 30.4 Å². The molecule has 37 heavy (non-hydrogen) atoms. The maximum Gasteiger partial charge on any atom is 0.326 e. The Morgan fingerprint density at radius 2 is 1.43 bits per heavy atom. The summed E-state index contributed by atoms with van der Waals surface area (Å²) in [4.78, 5) is 61.5. The second-order valence-electron chi connectivity index (χ2n) is 9.20. The largest absolute Gasteiger partial charge is 0.481 e. The zero-order valence-corrected chi connectivity index (χ0v) is 21.3. The molecule has 0 saturated heterocycles. The number of hydrogen-bond donors (Lipinski definition) is 7. The van der Waals surface area contributed by atoms with Crippen molar-refractivity contribution >= 4 is 29.7 Å². The Morgan fingerprint density at radius 1 is 0.838 bits per heavy atom. The predicted molar refractivity (Wildman–Crippen MR) is 136 cm³/mol. The summed E-state index contributed by atoms with van der Waals surface area (Å²) >= 11 is 0. The highest BCUT2D eigenvalue weighted by Gasteiger charge is 2.31. The molecule has 1 aromatic carbocycles. The standard InChI is InChI=1S/C25H39N5O7/c1-15(2)21(25(36)37)30-23(34)18(11-12-20(31)32)28-24(35)19(14-16-8-4-3-5-9-16)29-22(33)17(27)10-6-7-13-26/h3-5,8-9,15,17-19,21H,6-7,10-14,26-27H2,1-2H3,(H,28,35)(H,29,33)(H,30,34)(H,31,32)(H,36,37). The molecule has 0 radical (unpaired) electrons. The van der Waals surface area contributed by atoms with Gasteiger partial charge in [0.2, 0.25) is 17.7 Å². The second kappa shape index (κ2) is 16.3. The third kappa shape index (κ3) is 11.8. The van der Waals surface area contributed by atoms with E-state index in [2.05, 4.69) is 16.0 Å². The molecule has 0 fully saturated rings. The molecule has 1 aromatic rings. The van der Waals surface area contributed by atoms with E-state index in [0.717, 1.165) is 5.56 Å². The molecule has 4 unspecified atom stereocenters. The van der Waals surface area contributed by atoms with Crippen LogP contribution in [0, 0.1) is 5.92 Å². The van der Waals surface area contributed by atoms with Gasteiger partial charge in [-0.2, -0.15) is 0 Å². The van der Waals surface area contributed by atoms with Crippen molar-refractivity contribution < 1.29 is 34.2 Å². The van der Waals surface area contributed by atoms with Crippen molar-refractivity contribution in [3.05, 3.63) is 35.9 Å². The number of carbonyl (C=O) groups excluding carboxylic acids is 3. The van der Waals surface area contributed by atoms with Crippen LogP contribution < -0.4 is 27.4 Å². The number of benzene rings is 1. The molecule has 206 valence electrons. The number of nitrogens with two attached hydrogens (primary N) is 2. The minimum absolute atomic E-state index is 0.0882. The monoisotopic (exact) mass is 521 g/mol. The molecule has 0 heterocycles. The number of amides is 3. The molecular weight excluding hydrogens is 482 g/mol. The number of rotatable bonds is 17. The molecule has 3 amide bonds.